The van der Waals surface area contributed by atoms with Crippen molar-refractivity contribution < 1.29 is 14.7 Å². The van der Waals surface area contributed by atoms with E-state index in [4.69, 9.17) is 0 Å². The smallest absolute Gasteiger partial charge is 0.307 e. The molecule has 2 aliphatic rings. The first-order valence-corrected chi connectivity index (χ1v) is 6.53. The molecule has 1 saturated carbocycles. The van der Waals surface area contributed by atoms with Gasteiger partial charge in [-0.3, -0.25) is 9.59 Å². The Kier molecular flexibility index (Phi) is 2.62. The number of fused-ring (bicyclic) bond motifs is 2. The first-order chi connectivity index (χ1) is 8.66. The standard InChI is InChI=1S/C11H11N3O3S/c15-9(13-11-14-12-4-18-11)7-5-1-2-6(3-5)8(7)10(16)17/h1-2,4-8H,3H2,(H,16,17)(H,13,14,15)/t5-,6-,7+,8+/m0/s1. The summed E-state index contributed by atoms with van der Waals surface area (Å²) in [5.74, 6) is -2.27. The van der Waals surface area contributed by atoms with E-state index in [2.05, 4.69) is 15.5 Å². The minimum absolute atomic E-state index is 0.0160. The Balaban J connectivity index is 1.80. The first-order valence-electron chi connectivity index (χ1n) is 5.65. The number of aliphatic carboxylic acids is 1. The molecule has 0 aliphatic heterocycles. The Hall–Kier alpha value is -1.76. The van der Waals surface area contributed by atoms with Gasteiger partial charge in [-0.25, -0.2) is 0 Å². The molecule has 1 heterocycles. The van der Waals surface area contributed by atoms with E-state index in [-0.39, 0.29) is 17.7 Å². The minimum atomic E-state index is -0.899. The molecule has 0 saturated heterocycles. The number of carbonyl (C=O) groups excluding carboxylic acids is 1. The van der Waals surface area contributed by atoms with Crippen LogP contribution in [-0.4, -0.2) is 27.2 Å². The molecule has 2 aliphatic carbocycles. The molecule has 0 aromatic carbocycles. The molecule has 1 amide bonds. The van der Waals surface area contributed by atoms with E-state index in [1.54, 1.807) is 0 Å². The molecule has 3 rings (SSSR count). The molecule has 2 N–H and O–H groups in total. The van der Waals surface area contributed by atoms with Gasteiger partial charge < -0.3 is 10.4 Å². The zero-order chi connectivity index (χ0) is 12.7. The Bertz CT molecular complexity index is 514. The number of nitrogens with one attached hydrogen (secondary N) is 1. The van der Waals surface area contributed by atoms with Crippen LogP contribution in [0.25, 0.3) is 0 Å². The van der Waals surface area contributed by atoms with Gasteiger partial charge in [0.15, 0.2) is 0 Å². The number of carbonyl (C=O) groups is 2. The van der Waals surface area contributed by atoms with Gasteiger partial charge in [0.05, 0.1) is 11.8 Å². The Morgan fingerprint density at radius 3 is 2.67 bits per heavy atom. The highest BCUT2D eigenvalue weighted by Gasteiger charge is 2.51. The number of anilines is 1. The Morgan fingerprint density at radius 1 is 1.33 bits per heavy atom. The summed E-state index contributed by atoms with van der Waals surface area (Å²) in [5.41, 5.74) is 1.52. The molecule has 7 heteroatoms. The number of amides is 1. The summed E-state index contributed by atoms with van der Waals surface area (Å²) >= 11 is 1.22. The van der Waals surface area contributed by atoms with E-state index >= 15 is 0 Å². The maximum absolute atomic E-state index is 12.1. The van der Waals surface area contributed by atoms with Crippen molar-refractivity contribution in [3.8, 4) is 0 Å². The van der Waals surface area contributed by atoms with E-state index in [1.165, 1.54) is 16.8 Å². The van der Waals surface area contributed by atoms with Crippen molar-refractivity contribution in [3.05, 3.63) is 17.7 Å². The van der Waals surface area contributed by atoms with Gasteiger partial charge in [0.25, 0.3) is 0 Å². The molecule has 0 spiro atoms. The summed E-state index contributed by atoms with van der Waals surface area (Å²) in [5, 5.41) is 19.7. The van der Waals surface area contributed by atoms with Crippen LogP contribution in [0, 0.1) is 23.7 Å². The van der Waals surface area contributed by atoms with Gasteiger partial charge in [0, 0.05) is 0 Å². The van der Waals surface area contributed by atoms with Crippen molar-refractivity contribution in [2.75, 3.05) is 5.32 Å². The van der Waals surface area contributed by atoms with Gasteiger partial charge in [-0.05, 0) is 18.3 Å². The average Bonchev–Trinajstić information content (AvgIpc) is 3.03. The largest absolute Gasteiger partial charge is 0.481 e. The number of aromatic nitrogens is 2. The third-order valence-electron chi connectivity index (χ3n) is 3.64. The van der Waals surface area contributed by atoms with Crippen LogP contribution in [0.15, 0.2) is 17.7 Å². The molecule has 0 unspecified atom stereocenters. The minimum Gasteiger partial charge on any atom is -0.481 e. The second-order valence-electron chi connectivity index (χ2n) is 4.57. The number of rotatable bonds is 3. The number of hydrogen-bond acceptors (Lipinski definition) is 5. The highest BCUT2D eigenvalue weighted by molar-refractivity contribution is 7.13. The van der Waals surface area contributed by atoms with E-state index in [9.17, 15) is 14.7 Å². The lowest BCUT2D eigenvalue weighted by molar-refractivity contribution is -0.146. The summed E-state index contributed by atoms with van der Waals surface area (Å²) in [7, 11) is 0. The molecular formula is C11H11N3O3S. The van der Waals surface area contributed by atoms with Crippen LogP contribution in [0.3, 0.4) is 0 Å². The number of allylic oxidation sites excluding steroid dienone is 2. The number of hydrogen-bond donors (Lipinski definition) is 2. The molecule has 4 atom stereocenters. The van der Waals surface area contributed by atoms with E-state index in [1.807, 2.05) is 12.2 Å². The summed E-state index contributed by atoms with van der Waals surface area (Å²) < 4.78 is 0. The van der Waals surface area contributed by atoms with Crippen molar-refractivity contribution in [1.82, 2.24) is 10.2 Å². The van der Waals surface area contributed by atoms with Gasteiger partial charge in [0.1, 0.15) is 5.51 Å². The van der Waals surface area contributed by atoms with E-state index < -0.39 is 17.8 Å². The molecule has 0 radical (unpaired) electrons. The van der Waals surface area contributed by atoms with Crippen LogP contribution < -0.4 is 5.32 Å². The lowest BCUT2D eigenvalue weighted by Crippen LogP contribution is -2.36. The van der Waals surface area contributed by atoms with Crippen LogP contribution in [-0.2, 0) is 9.59 Å². The monoisotopic (exact) mass is 265 g/mol. The molecule has 6 nitrogen and oxygen atoms in total. The highest BCUT2D eigenvalue weighted by atomic mass is 32.1. The fraction of sp³-hybridized carbons (Fsp3) is 0.455. The Morgan fingerprint density at radius 2 is 2.06 bits per heavy atom. The summed E-state index contributed by atoms with van der Waals surface area (Å²) in [6.45, 7) is 0. The fourth-order valence-corrected chi connectivity index (χ4v) is 3.38. The number of carboxylic acids is 1. The third kappa shape index (κ3) is 1.71. The lowest BCUT2D eigenvalue weighted by atomic mass is 9.82. The maximum Gasteiger partial charge on any atom is 0.307 e. The van der Waals surface area contributed by atoms with E-state index in [0.717, 1.165) is 6.42 Å². The van der Waals surface area contributed by atoms with Gasteiger partial charge in [-0.1, -0.05) is 23.5 Å². The zero-order valence-corrected chi connectivity index (χ0v) is 10.1. The molecule has 2 bridgehead atoms. The lowest BCUT2D eigenvalue weighted by Gasteiger charge is -2.23. The van der Waals surface area contributed by atoms with Crippen LogP contribution >= 0.6 is 11.3 Å². The van der Waals surface area contributed by atoms with Crippen LogP contribution in [0.1, 0.15) is 6.42 Å². The zero-order valence-electron chi connectivity index (χ0n) is 9.31. The van der Waals surface area contributed by atoms with Gasteiger partial charge in [-0.15, -0.1) is 10.2 Å². The predicted molar refractivity (Wildman–Crippen MR) is 63.9 cm³/mol. The second-order valence-corrected chi connectivity index (χ2v) is 5.40. The van der Waals surface area contributed by atoms with Crippen LogP contribution in [0.4, 0.5) is 5.13 Å². The Labute approximate surface area is 107 Å². The summed E-state index contributed by atoms with van der Waals surface area (Å²) in [6.07, 6.45) is 4.62. The normalized spacial score (nSPS) is 32.7. The molecular weight excluding hydrogens is 254 g/mol. The molecule has 94 valence electrons. The maximum atomic E-state index is 12.1. The first kappa shape index (κ1) is 11.3. The van der Waals surface area contributed by atoms with Crippen molar-refractivity contribution in [2.24, 2.45) is 23.7 Å². The van der Waals surface area contributed by atoms with Gasteiger partial charge in [-0.2, -0.15) is 0 Å². The quantitative estimate of drug-likeness (QED) is 0.795. The average molecular weight is 265 g/mol. The SMILES string of the molecule is O=C(O)[C@H]1[C@H](C(=O)Nc2nncs2)[C@H]2C=C[C@H]1C2. The molecule has 18 heavy (non-hydrogen) atoms. The van der Waals surface area contributed by atoms with Crippen LogP contribution in [0.2, 0.25) is 0 Å². The van der Waals surface area contributed by atoms with E-state index in [0.29, 0.717) is 5.13 Å². The van der Waals surface area contributed by atoms with Crippen molar-refractivity contribution in [1.29, 1.82) is 0 Å². The third-order valence-corrected chi connectivity index (χ3v) is 4.24. The molecule has 1 aromatic heterocycles. The predicted octanol–water partition coefficient (Wildman–Crippen LogP) is 0.999. The van der Waals surface area contributed by atoms with Gasteiger partial charge in [0.2, 0.25) is 11.0 Å². The molecule has 1 fully saturated rings. The van der Waals surface area contributed by atoms with Crippen molar-refractivity contribution >= 4 is 28.3 Å². The van der Waals surface area contributed by atoms with Crippen molar-refractivity contribution in [3.63, 3.8) is 0 Å². The highest BCUT2D eigenvalue weighted by Crippen LogP contribution is 2.48. The summed E-state index contributed by atoms with van der Waals surface area (Å²) in [6, 6.07) is 0. The second kappa shape index (κ2) is 4.16. The number of nitrogens with zero attached hydrogens (tertiary/aromatic N) is 2. The fourth-order valence-electron chi connectivity index (χ4n) is 2.93. The molecule has 1 aromatic rings. The summed E-state index contributed by atoms with van der Waals surface area (Å²) in [4.78, 5) is 23.4. The topological polar surface area (TPSA) is 92.2 Å². The number of carboxylic acid groups (broad SMARTS) is 1. The van der Waals surface area contributed by atoms with Gasteiger partial charge >= 0.3 is 5.97 Å². The van der Waals surface area contributed by atoms with Crippen molar-refractivity contribution in [2.45, 2.75) is 6.42 Å². The van der Waals surface area contributed by atoms with Crippen LogP contribution in [0.5, 0.6) is 0 Å².